The zero-order valence-corrected chi connectivity index (χ0v) is 20.2. The number of hydrogen-bond acceptors (Lipinski definition) is 5. The lowest BCUT2D eigenvalue weighted by atomic mass is 10.2. The van der Waals surface area contributed by atoms with Crippen molar-refractivity contribution in [1.29, 1.82) is 0 Å². The monoisotopic (exact) mass is 508 g/mol. The third kappa shape index (κ3) is 6.77. The Kier molecular flexibility index (Phi) is 8.07. The summed E-state index contributed by atoms with van der Waals surface area (Å²) in [7, 11) is -3.88. The fourth-order valence-electron chi connectivity index (χ4n) is 2.82. The van der Waals surface area contributed by atoms with Gasteiger partial charge in [-0.25, -0.2) is 8.42 Å². The Labute approximate surface area is 202 Å². The maximum absolute atomic E-state index is 12.7. The van der Waals surface area contributed by atoms with E-state index in [-0.39, 0.29) is 22.3 Å². The molecule has 0 aromatic heterocycles. The Hall–Kier alpha value is -2.94. The number of amides is 1. The Balaban J connectivity index is 1.63. The van der Waals surface area contributed by atoms with Crippen LogP contribution in [-0.4, -0.2) is 27.5 Å². The number of halogens is 2. The maximum atomic E-state index is 12.7. The molecule has 0 fully saturated rings. The highest BCUT2D eigenvalue weighted by molar-refractivity contribution is 7.92. The summed E-state index contributed by atoms with van der Waals surface area (Å²) >= 11 is 12.2. The molecule has 0 aliphatic rings. The van der Waals surface area contributed by atoms with Crippen LogP contribution < -0.4 is 19.5 Å². The van der Waals surface area contributed by atoms with Gasteiger partial charge in [-0.2, -0.15) is 0 Å². The van der Waals surface area contributed by atoms with Crippen LogP contribution in [0.1, 0.15) is 12.5 Å². The summed E-state index contributed by atoms with van der Waals surface area (Å²) in [6, 6.07) is 15.7. The predicted molar refractivity (Wildman–Crippen MR) is 130 cm³/mol. The van der Waals surface area contributed by atoms with Crippen LogP contribution in [0, 0.1) is 6.92 Å². The molecule has 3 rings (SSSR count). The van der Waals surface area contributed by atoms with E-state index in [9.17, 15) is 13.2 Å². The Morgan fingerprint density at radius 3 is 2.36 bits per heavy atom. The van der Waals surface area contributed by atoms with Crippen molar-refractivity contribution in [3.05, 3.63) is 76.3 Å². The van der Waals surface area contributed by atoms with E-state index in [0.29, 0.717) is 28.8 Å². The van der Waals surface area contributed by atoms with Crippen LogP contribution >= 0.6 is 23.2 Å². The molecule has 0 aliphatic heterocycles. The lowest BCUT2D eigenvalue weighted by Crippen LogP contribution is -2.20. The smallest absolute Gasteiger partial charge is 0.262 e. The summed E-state index contributed by atoms with van der Waals surface area (Å²) in [5.74, 6) is 0.402. The first kappa shape index (κ1) is 24.7. The van der Waals surface area contributed by atoms with Crippen molar-refractivity contribution in [2.75, 3.05) is 23.3 Å². The van der Waals surface area contributed by atoms with Crippen molar-refractivity contribution in [2.24, 2.45) is 0 Å². The average Bonchev–Trinajstić information content (AvgIpc) is 2.77. The lowest BCUT2D eigenvalue weighted by molar-refractivity contribution is -0.118. The van der Waals surface area contributed by atoms with Gasteiger partial charge in [0.15, 0.2) is 6.61 Å². The standard InChI is InChI=1S/C23H22Cl2N2O5S/c1-3-31-18-8-6-17(7-9-18)27-33(29,30)19-10-11-22(20(25)13-19)32-14-23(28)26-21-12-16(24)5-4-15(21)2/h4-13,27H,3,14H2,1-2H3,(H,26,28). The third-order valence-corrected chi connectivity index (χ3v) is 6.37. The van der Waals surface area contributed by atoms with Gasteiger partial charge in [-0.3, -0.25) is 9.52 Å². The lowest BCUT2D eigenvalue weighted by Gasteiger charge is -2.12. The van der Waals surface area contributed by atoms with Gasteiger partial charge in [-0.1, -0.05) is 29.3 Å². The molecule has 2 N–H and O–H groups in total. The first-order chi connectivity index (χ1) is 15.7. The molecule has 0 saturated heterocycles. The molecule has 7 nitrogen and oxygen atoms in total. The number of nitrogens with one attached hydrogen (secondary N) is 2. The molecule has 1 amide bonds. The quantitative estimate of drug-likeness (QED) is 0.396. The molecule has 0 spiro atoms. The summed E-state index contributed by atoms with van der Waals surface area (Å²) in [6.07, 6.45) is 0. The van der Waals surface area contributed by atoms with Crippen LogP contribution in [-0.2, 0) is 14.8 Å². The molecule has 0 atom stereocenters. The summed E-state index contributed by atoms with van der Waals surface area (Å²) in [4.78, 5) is 12.2. The summed E-state index contributed by atoms with van der Waals surface area (Å²) in [5.41, 5.74) is 1.80. The molecule has 33 heavy (non-hydrogen) atoms. The van der Waals surface area contributed by atoms with E-state index in [1.807, 2.05) is 13.8 Å². The number of hydrogen-bond donors (Lipinski definition) is 2. The van der Waals surface area contributed by atoms with Gasteiger partial charge in [-0.05, 0) is 74.0 Å². The van der Waals surface area contributed by atoms with Gasteiger partial charge in [0.25, 0.3) is 15.9 Å². The van der Waals surface area contributed by atoms with Crippen LogP contribution in [0.15, 0.2) is 65.6 Å². The number of rotatable bonds is 9. The Morgan fingerprint density at radius 2 is 1.70 bits per heavy atom. The van der Waals surface area contributed by atoms with Crippen LogP contribution in [0.4, 0.5) is 11.4 Å². The second-order valence-corrected chi connectivity index (χ2v) is 9.48. The SMILES string of the molecule is CCOc1ccc(NS(=O)(=O)c2ccc(OCC(=O)Nc3cc(Cl)ccc3C)c(Cl)c2)cc1. The van der Waals surface area contributed by atoms with Gasteiger partial charge >= 0.3 is 0 Å². The molecule has 0 bridgehead atoms. The molecule has 10 heteroatoms. The molecule has 0 saturated carbocycles. The van der Waals surface area contributed by atoms with Crippen molar-refractivity contribution >= 4 is 50.5 Å². The molecule has 0 aliphatic carbocycles. The number of sulfonamides is 1. The van der Waals surface area contributed by atoms with Crippen LogP contribution in [0.5, 0.6) is 11.5 Å². The van der Waals surface area contributed by atoms with Crippen molar-refractivity contribution in [2.45, 2.75) is 18.7 Å². The van der Waals surface area contributed by atoms with Gasteiger partial charge < -0.3 is 14.8 Å². The highest BCUT2D eigenvalue weighted by Gasteiger charge is 2.17. The Bertz CT molecular complexity index is 1250. The van der Waals surface area contributed by atoms with Crippen molar-refractivity contribution < 1.29 is 22.7 Å². The normalized spacial score (nSPS) is 11.0. The summed E-state index contributed by atoms with van der Waals surface area (Å²) < 4.78 is 38.7. The summed E-state index contributed by atoms with van der Waals surface area (Å²) in [6.45, 7) is 3.90. The van der Waals surface area contributed by atoms with E-state index in [1.54, 1.807) is 42.5 Å². The number of carbonyl (C=O) groups is 1. The Morgan fingerprint density at radius 1 is 0.970 bits per heavy atom. The second kappa shape index (κ2) is 10.8. The number of carbonyl (C=O) groups excluding carboxylic acids is 1. The van der Waals surface area contributed by atoms with Crippen LogP contribution in [0.25, 0.3) is 0 Å². The minimum atomic E-state index is -3.88. The predicted octanol–water partition coefficient (Wildman–Crippen LogP) is 5.52. The van der Waals surface area contributed by atoms with Gasteiger partial charge in [0.05, 0.1) is 16.5 Å². The van der Waals surface area contributed by atoms with E-state index in [2.05, 4.69) is 10.0 Å². The fraction of sp³-hybridized carbons (Fsp3) is 0.174. The van der Waals surface area contributed by atoms with E-state index in [0.717, 1.165) is 5.56 Å². The average molecular weight is 509 g/mol. The van der Waals surface area contributed by atoms with Crippen LogP contribution in [0.2, 0.25) is 10.0 Å². The largest absolute Gasteiger partial charge is 0.494 e. The van der Waals surface area contributed by atoms with Crippen LogP contribution in [0.3, 0.4) is 0 Å². The zero-order chi connectivity index (χ0) is 24.0. The van der Waals surface area contributed by atoms with E-state index in [1.165, 1.54) is 18.2 Å². The summed E-state index contributed by atoms with van der Waals surface area (Å²) in [5, 5.41) is 3.26. The highest BCUT2D eigenvalue weighted by atomic mass is 35.5. The number of anilines is 2. The molecule has 3 aromatic carbocycles. The van der Waals surface area contributed by atoms with Crippen molar-refractivity contribution in [1.82, 2.24) is 0 Å². The topological polar surface area (TPSA) is 93.7 Å². The van der Waals surface area contributed by atoms with Crippen molar-refractivity contribution in [3.63, 3.8) is 0 Å². The first-order valence-corrected chi connectivity index (χ1v) is 12.2. The van der Waals surface area contributed by atoms with Crippen molar-refractivity contribution in [3.8, 4) is 11.5 Å². The van der Waals surface area contributed by atoms with Gasteiger partial charge in [0.1, 0.15) is 11.5 Å². The minimum absolute atomic E-state index is 0.0484. The first-order valence-electron chi connectivity index (χ1n) is 9.92. The second-order valence-electron chi connectivity index (χ2n) is 6.95. The number of aryl methyl sites for hydroxylation is 1. The molecular weight excluding hydrogens is 487 g/mol. The maximum Gasteiger partial charge on any atom is 0.262 e. The van der Waals surface area contributed by atoms with E-state index < -0.39 is 15.9 Å². The molecule has 0 heterocycles. The van der Waals surface area contributed by atoms with Gasteiger partial charge in [-0.15, -0.1) is 0 Å². The minimum Gasteiger partial charge on any atom is -0.494 e. The molecule has 3 aromatic rings. The zero-order valence-electron chi connectivity index (χ0n) is 17.9. The van der Waals surface area contributed by atoms with Gasteiger partial charge in [0, 0.05) is 16.4 Å². The van der Waals surface area contributed by atoms with E-state index in [4.69, 9.17) is 32.7 Å². The molecular formula is C23H22Cl2N2O5S. The van der Waals surface area contributed by atoms with Gasteiger partial charge in [0.2, 0.25) is 0 Å². The number of benzene rings is 3. The third-order valence-electron chi connectivity index (χ3n) is 4.46. The number of ether oxygens (including phenoxy) is 2. The highest BCUT2D eigenvalue weighted by Crippen LogP contribution is 2.29. The molecule has 174 valence electrons. The van der Waals surface area contributed by atoms with E-state index >= 15 is 0 Å². The molecule has 0 radical (unpaired) electrons. The fourth-order valence-corrected chi connectivity index (χ4v) is 4.38. The molecule has 0 unspecified atom stereocenters.